The van der Waals surface area contributed by atoms with Crippen LogP contribution >= 0.6 is 11.6 Å². The van der Waals surface area contributed by atoms with Gasteiger partial charge in [0.25, 0.3) is 0 Å². The number of halogens is 1. The van der Waals surface area contributed by atoms with Gasteiger partial charge in [-0.15, -0.1) is 0 Å². The van der Waals surface area contributed by atoms with Gasteiger partial charge in [0.05, 0.1) is 5.02 Å². The van der Waals surface area contributed by atoms with Gasteiger partial charge < -0.3 is 10.3 Å². The van der Waals surface area contributed by atoms with E-state index in [4.69, 9.17) is 16.8 Å². The molecule has 0 spiro atoms. The molecule has 2 N–H and O–H groups in total. The summed E-state index contributed by atoms with van der Waals surface area (Å²) < 4.78 is 0. The van der Waals surface area contributed by atoms with Gasteiger partial charge in [-0.05, 0) is 35.4 Å². The molecule has 100 valence electrons. The molecule has 5 heteroatoms. The van der Waals surface area contributed by atoms with Crippen molar-refractivity contribution in [1.82, 2.24) is 0 Å². The topological polar surface area (TPSA) is 69.9 Å². The summed E-state index contributed by atoms with van der Waals surface area (Å²) in [6, 6.07) is 10.1. The number of nitrogens with zero attached hydrogens (tertiary/aromatic N) is 1. The Bertz CT molecular complexity index is 753. The van der Waals surface area contributed by atoms with E-state index >= 15 is 0 Å². The Morgan fingerprint density at radius 2 is 1.90 bits per heavy atom. The average Bonchev–Trinajstić information content (AvgIpc) is 2.75. The van der Waals surface area contributed by atoms with E-state index in [1.54, 1.807) is 12.1 Å². The van der Waals surface area contributed by atoms with Crippen LogP contribution in [0, 0.1) is 0 Å². The van der Waals surface area contributed by atoms with E-state index in [-0.39, 0.29) is 17.2 Å². The standard InChI is InChI=1S/C15H10ClNO3/c16-13-7-10(18)3-4-11(13)8-1-2-9-6-14(17-20)15(19)12(9)5-8/h1-5,7,18,20H,6H2/b17-14-. The Kier molecular flexibility index (Phi) is 2.95. The summed E-state index contributed by atoms with van der Waals surface area (Å²) >= 11 is 6.10. The lowest BCUT2D eigenvalue weighted by Crippen LogP contribution is -2.06. The molecule has 0 bridgehead atoms. The Morgan fingerprint density at radius 1 is 1.10 bits per heavy atom. The van der Waals surface area contributed by atoms with Gasteiger partial charge in [-0.2, -0.15) is 0 Å². The number of ketones is 1. The zero-order valence-corrected chi connectivity index (χ0v) is 11.1. The minimum Gasteiger partial charge on any atom is -0.508 e. The van der Waals surface area contributed by atoms with Gasteiger partial charge in [0.2, 0.25) is 5.78 Å². The quantitative estimate of drug-likeness (QED) is 0.624. The molecule has 1 aliphatic carbocycles. The first kappa shape index (κ1) is 12.7. The zero-order valence-electron chi connectivity index (χ0n) is 10.3. The third-order valence-corrected chi connectivity index (χ3v) is 3.67. The lowest BCUT2D eigenvalue weighted by molar-refractivity contribution is 0.106. The highest BCUT2D eigenvalue weighted by Crippen LogP contribution is 2.33. The first-order valence-electron chi connectivity index (χ1n) is 5.97. The average molecular weight is 288 g/mol. The summed E-state index contributed by atoms with van der Waals surface area (Å²) in [5, 5.41) is 21.6. The largest absolute Gasteiger partial charge is 0.508 e. The van der Waals surface area contributed by atoms with Crippen molar-refractivity contribution in [1.29, 1.82) is 0 Å². The molecular formula is C15H10ClNO3. The molecule has 0 saturated heterocycles. The summed E-state index contributed by atoms with van der Waals surface area (Å²) in [5.74, 6) is -0.176. The van der Waals surface area contributed by atoms with Crippen molar-refractivity contribution in [2.45, 2.75) is 6.42 Å². The minimum absolute atomic E-state index is 0.0886. The van der Waals surface area contributed by atoms with Crippen molar-refractivity contribution in [3.63, 3.8) is 0 Å². The summed E-state index contributed by atoms with van der Waals surface area (Å²) in [4.78, 5) is 12.0. The Morgan fingerprint density at radius 3 is 2.60 bits per heavy atom. The molecule has 2 aromatic rings. The number of phenols is 1. The molecule has 3 rings (SSSR count). The molecule has 0 aromatic heterocycles. The number of aromatic hydroxyl groups is 1. The third-order valence-electron chi connectivity index (χ3n) is 3.36. The monoisotopic (exact) mass is 287 g/mol. The van der Waals surface area contributed by atoms with Crippen molar-refractivity contribution in [2.24, 2.45) is 5.16 Å². The van der Waals surface area contributed by atoms with Crippen LogP contribution in [0.5, 0.6) is 5.75 Å². The van der Waals surface area contributed by atoms with Crippen LogP contribution in [-0.2, 0) is 6.42 Å². The molecule has 0 heterocycles. The lowest BCUT2D eigenvalue weighted by Gasteiger charge is -2.07. The van der Waals surface area contributed by atoms with Crippen LogP contribution in [0.2, 0.25) is 5.02 Å². The number of carbonyl (C=O) groups is 1. The second-order valence-electron chi connectivity index (χ2n) is 4.59. The van der Waals surface area contributed by atoms with E-state index in [1.165, 1.54) is 12.1 Å². The Labute approximate surface area is 119 Å². The molecular weight excluding hydrogens is 278 g/mol. The highest BCUT2D eigenvalue weighted by Gasteiger charge is 2.27. The van der Waals surface area contributed by atoms with Gasteiger partial charge in [0, 0.05) is 17.5 Å². The first-order valence-corrected chi connectivity index (χ1v) is 6.35. The fraction of sp³-hybridized carbons (Fsp3) is 0.0667. The van der Waals surface area contributed by atoms with E-state index in [0.29, 0.717) is 17.0 Å². The van der Waals surface area contributed by atoms with Crippen molar-refractivity contribution >= 4 is 23.1 Å². The van der Waals surface area contributed by atoms with Crippen LogP contribution in [-0.4, -0.2) is 21.8 Å². The number of rotatable bonds is 1. The molecule has 0 aliphatic heterocycles. The van der Waals surface area contributed by atoms with Crippen LogP contribution in [0.1, 0.15) is 15.9 Å². The maximum atomic E-state index is 12.0. The Hall–Kier alpha value is -2.33. The van der Waals surface area contributed by atoms with Crippen molar-refractivity contribution in [2.75, 3.05) is 0 Å². The van der Waals surface area contributed by atoms with E-state index in [9.17, 15) is 9.90 Å². The van der Waals surface area contributed by atoms with Gasteiger partial charge in [-0.25, -0.2) is 0 Å². The highest BCUT2D eigenvalue weighted by atomic mass is 35.5. The second kappa shape index (κ2) is 4.65. The number of hydrogen-bond donors (Lipinski definition) is 2. The molecule has 0 amide bonds. The van der Waals surface area contributed by atoms with Crippen LogP contribution in [0.25, 0.3) is 11.1 Å². The van der Waals surface area contributed by atoms with E-state index in [0.717, 1.165) is 16.7 Å². The molecule has 0 saturated carbocycles. The van der Waals surface area contributed by atoms with Crippen LogP contribution in [0.15, 0.2) is 41.6 Å². The fourth-order valence-corrected chi connectivity index (χ4v) is 2.63. The lowest BCUT2D eigenvalue weighted by atomic mass is 10.00. The summed E-state index contributed by atoms with van der Waals surface area (Å²) in [7, 11) is 0. The van der Waals surface area contributed by atoms with Gasteiger partial charge in [0.15, 0.2) is 0 Å². The maximum absolute atomic E-state index is 12.0. The highest BCUT2D eigenvalue weighted by molar-refractivity contribution is 6.49. The molecule has 0 radical (unpaired) electrons. The van der Waals surface area contributed by atoms with Crippen molar-refractivity contribution < 1.29 is 15.1 Å². The van der Waals surface area contributed by atoms with Gasteiger partial charge in [-0.3, -0.25) is 4.79 Å². The van der Waals surface area contributed by atoms with Crippen LogP contribution < -0.4 is 0 Å². The summed E-state index contributed by atoms with van der Waals surface area (Å²) in [6.07, 6.45) is 0.342. The molecule has 0 fully saturated rings. The van der Waals surface area contributed by atoms with Gasteiger partial charge in [0.1, 0.15) is 11.5 Å². The molecule has 1 aliphatic rings. The number of oxime groups is 1. The number of carbonyl (C=O) groups excluding carboxylic acids is 1. The summed E-state index contributed by atoms with van der Waals surface area (Å²) in [5.41, 5.74) is 3.02. The van der Waals surface area contributed by atoms with Crippen LogP contribution in [0.4, 0.5) is 0 Å². The first-order chi connectivity index (χ1) is 9.60. The van der Waals surface area contributed by atoms with Crippen LogP contribution in [0.3, 0.4) is 0 Å². The predicted octanol–water partition coefficient (Wildman–Crippen LogP) is 3.28. The fourth-order valence-electron chi connectivity index (χ4n) is 2.34. The number of Topliss-reactive ketones (excluding diaryl/α,β-unsaturated/α-hetero) is 1. The maximum Gasteiger partial charge on any atom is 0.211 e. The van der Waals surface area contributed by atoms with Gasteiger partial charge in [-0.1, -0.05) is 28.9 Å². The number of fused-ring (bicyclic) bond motifs is 1. The second-order valence-corrected chi connectivity index (χ2v) is 5.00. The molecule has 0 unspecified atom stereocenters. The SMILES string of the molecule is O=C1/C(=N\O)Cc2ccc(-c3ccc(O)cc3Cl)cc21. The minimum atomic E-state index is -0.265. The van der Waals surface area contributed by atoms with Gasteiger partial charge >= 0.3 is 0 Å². The summed E-state index contributed by atoms with van der Waals surface area (Å²) in [6.45, 7) is 0. The smallest absolute Gasteiger partial charge is 0.211 e. The molecule has 4 nitrogen and oxygen atoms in total. The van der Waals surface area contributed by atoms with Crippen molar-refractivity contribution in [3.8, 4) is 16.9 Å². The van der Waals surface area contributed by atoms with Crippen molar-refractivity contribution in [3.05, 3.63) is 52.5 Å². The van der Waals surface area contributed by atoms with E-state index < -0.39 is 0 Å². The molecule has 20 heavy (non-hydrogen) atoms. The molecule has 2 aromatic carbocycles. The zero-order chi connectivity index (χ0) is 14.3. The number of benzene rings is 2. The Balaban J connectivity index is 2.11. The van der Waals surface area contributed by atoms with E-state index in [1.807, 2.05) is 12.1 Å². The molecule has 0 atom stereocenters. The number of hydrogen-bond acceptors (Lipinski definition) is 4. The third kappa shape index (κ3) is 1.94. The van der Waals surface area contributed by atoms with E-state index in [2.05, 4.69) is 5.16 Å². The number of phenolic OH excluding ortho intramolecular Hbond substituents is 1. The predicted molar refractivity (Wildman–Crippen MR) is 75.8 cm³/mol. The normalized spacial score (nSPS) is 15.7.